The first-order valence-electron chi connectivity index (χ1n) is 5.26. The Bertz CT molecular complexity index is 656. The molecule has 100 valence electrons. The molecule has 1 heterocycles. The standard InChI is InChI=1S/C11H11FN4O2S/c1-5-14-15-11(16(5)2)19-9-4-7(12)6(10(17)18)3-8(9)13/h3-4H,13H2,1-2H3,(H,17,18). The number of carbonyl (C=O) groups is 1. The number of nitrogen functional groups attached to an aromatic ring is 1. The van der Waals surface area contributed by atoms with Gasteiger partial charge in [0.2, 0.25) is 0 Å². The fraction of sp³-hybridized carbons (Fsp3) is 0.182. The van der Waals surface area contributed by atoms with Crippen LogP contribution in [-0.2, 0) is 7.05 Å². The zero-order valence-corrected chi connectivity index (χ0v) is 11.0. The van der Waals surface area contributed by atoms with Crippen molar-refractivity contribution in [3.05, 3.63) is 29.3 Å². The predicted molar refractivity (Wildman–Crippen MR) is 67.6 cm³/mol. The first kappa shape index (κ1) is 13.3. The molecule has 0 saturated heterocycles. The van der Waals surface area contributed by atoms with E-state index < -0.39 is 17.3 Å². The molecule has 0 saturated carbocycles. The molecule has 2 aromatic rings. The van der Waals surface area contributed by atoms with E-state index in [1.165, 1.54) is 0 Å². The van der Waals surface area contributed by atoms with Crippen molar-refractivity contribution in [2.75, 3.05) is 5.73 Å². The van der Waals surface area contributed by atoms with Crippen molar-refractivity contribution < 1.29 is 14.3 Å². The number of carboxylic acids is 1. The zero-order chi connectivity index (χ0) is 14.2. The van der Waals surface area contributed by atoms with Crippen molar-refractivity contribution in [3.8, 4) is 0 Å². The van der Waals surface area contributed by atoms with Crippen molar-refractivity contribution in [2.45, 2.75) is 17.0 Å². The van der Waals surface area contributed by atoms with E-state index in [9.17, 15) is 9.18 Å². The Hall–Kier alpha value is -2.09. The highest BCUT2D eigenvalue weighted by Gasteiger charge is 2.16. The Morgan fingerprint density at radius 3 is 2.68 bits per heavy atom. The summed E-state index contributed by atoms with van der Waals surface area (Å²) in [6.07, 6.45) is 0. The highest BCUT2D eigenvalue weighted by molar-refractivity contribution is 7.99. The third-order valence-corrected chi connectivity index (χ3v) is 3.70. The van der Waals surface area contributed by atoms with Crippen molar-refractivity contribution in [1.29, 1.82) is 0 Å². The van der Waals surface area contributed by atoms with E-state index in [-0.39, 0.29) is 5.69 Å². The Kier molecular flexibility index (Phi) is 3.43. The molecule has 0 spiro atoms. The van der Waals surface area contributed by atoms with Crippen molar-refractivity contribution >= 4 is 23.4 Å². The maximum absolute atomic E-state index is 13.6. The van der Waals surface area contributed by atoms with Crippen molar-refractivity contribution in [1.82, 2.24) is 14.8 Å². The lowest BCUT2D eigenvalue weighted by Crippen LogP contribution is -2.03. The highest BCUT2D eigenvalue weighted by atomic mass is 32.2. The van der Waals surface area contributed by atoms with Gasteiger partial charge in [0.1, 0.15) is 11.6 Å². The number of aromatic carboxylic acids is 1. The summed E-state index contributed by atoms with van der Waals surface area (Å²) in [5.74, 6) is -1.47. The van der Waals surface area contributed by atoms with E-state index in [0.717, 1.165) is 23.9 Å². The van der Waals surface area contributed by atoms with E-state index >= 15 is 0 Å². The minimum absolute atomic E-state index is 0.185. The molecule has 0 radical (unpaired) electrons. The van der Waals surface area contributed by atoms with Gasteiger partial charge < -0.3 is 15.4 Å². The van der Waals surface area contributed by atoms with Gasteiger partial charge in [-0.05, 0) is 30.8 Å². The molecule has 19 heavy (non-hydrogen) atoms. The summed E-state index contributed by atoms with van der Waals surface area (Å²) in [5, 5.41) is 17.1. The molecular weight excluding hydrogens is 271 g/mol. The molecule has 2 rings (SSSR count). The molecule has 0 aliphatic heterocycles. The number of carboxylic acid groups (broad SMARTS) is 1. The number of anilines is 1. The second-order valence-corrected chi connectivity index (χ2v) is 4.87. The summed E-state index contributed by atoms with van der Waals surface area (Å²) < 4.78 is 15.3. The Balaban J connectivity index is 2.39. The molecule has 0 atom stereocenters. The Morgan fingerprint density at radius 1 is 1.47 bits per heavy atom. The number of benzene rings is 1. The molecule has 0 bridgehead atoms. The van der Waals surface area contributed by atoms with E-state index in [4.69, 9.17) is 10.8 Å². The maximum Gasteiger partial charge on any atom is 0.338 e. The lowest BCUT2D eigenvalue weighted by atomic mass is 10.2. The number of rotatable bonds is 3. The topological polar surface area (TPSA) is 94.0 Å². The van der Waals surface area contributed by atoms with Crippen LogP contribution in [0.15, 0.2) is 22.2 Å². The van der Waals surface area contributed by atoms with Gasteiger partial charge >= 0.3 is 5.97 Å². The van der Waals surface area contributed by atoms with E-state index in [1.807, 2.05) is 0 Å². The lowest BCUT2D eigenvalue weighted by Gasteiger charge is -2.07. The van der Waals surface area contributed by atoms with Crippen LogP contribution in [0.3, 0.4) is 0 Å². The maximum atomic E-state index is 13.6. The Labute approximate surface area is 112 Å². The molecule has 6 nitrogen and oxygen atoms in total. The zero-order valence-electron chi connectivity index (χ0n) is 10.2. The van der Waals surface area contributed by atoms with Gasteiger partial charge in [0.25, 0.3) is 0 Å². The van der Waals surface area contributed by atoms with Gasteiger partial charge in [-0.1, -0.05) is 0 Å². The minimum Gasteiger partial charge on any atom is -0.478 e. The van der Waals surface area contributed by atoms with Gasteiger partial charge in [-0.2, -0.15) is 0 Å². The van der Waals surface area contributed by atoms with Gasteiger partial charge in [-0.25, -0.2) is 9.18 Å². The van der Waals surface area contributed by atoms with Gasteiger partial charge in [0.05, 0.1) is 5.56 Å². The van der Waals surface area contributed by atoms with Crippen molar-refractivity contribution in [3.63, 3.8) is 0 Å². The van der Waals surface area contributed by atoms with Crippen LogP contribution in [0, 0.1) is 12.7 Å². The quantitative estimate of drug-likeness (QED) is 0.832. The summed E-state index contributed by atoms with van der Waals surface area (Å²) in [4.78, 5) is 11.2. The van der Waals surface area contributed by atoms with Gasteiger partial charge in [0, 0.05) is 17.6 Å². The SMILES string of the molecule is Cc1nnc(Sc2cc(F)c(C(=O)O)cc2N)n1C. The van der Waals surface area contributed by atoms with E-state index in [1.54, 1.807) is 18.5 Å². The minimum atomic E-state index is -1.35. The number of aromatic nitrogens is 3. The third kappa shape index (κ3) is 2.53. The number of hydrogen-bond acceptors (Lipinski definition) is 5. The molecule has 1 aromatic heterocycles. The summed E-state index contributed by atoms with van der Waals surface area (Å²) >= 11 is 1.13. The average molecular weight is 282 g/mol. The molecule has 0 fully saturated rings. The first-order valence-corrected chi connectivity index (χ1v) is 6.08. The molecule has 3 N–H and O–H groups in total. The number of halogens is 1. The molecule has 0 unspecified atom stereocenters. The second kappa shape index (κ2) is 4.88. The van der Waals surface area contributed by atoms with Crippen LogP contribution in [0.25, 0.3) is 0 Å². The van der Waals surface area contributed by atoms with Crippen LogP contribution >= 0.6 is 11.8 Å². The van der Waals surface area contributed by atoms with Crippen LogP contribution in [0.5, 0.6) is 0 Å². The van der Waals surface area contributed by atoms with Crippen LogP contribution in [-0.4, -0.2) is 25.8 Å². The molecule has 1 aromatic carbocycles. The fourth-order valence-corrected chi connectivity index (χ4v) is 2.29. The summed E-state index contributed by atoms with van der Waals surface area (Å²) in [6.45, 7) is 1.79. The average Bonchev–Trinajstić information content (AvgIpc) is 2.65. The van der Waals surface area contributed by atoms with E-state index in [2.05, 4.69) is 10.2 Å². The van der Waals surface area contributed by atoms with Crippen LogP contribution < -0.4 is 5.73 Å². The molecule has 8 heteroatoms. The highest BCUT2D eigenvalue weighted by Crippen LogP contribution is 2.32. The van der Waals surface area contributed by atoms with Gasteiger partial charge in [0.15, 0.2) is 5.16 Å². The summed E-state index contributed by atoms with van der Waals surface area (Å²) in [6, 6.07) is 2.19. The fourth-order valence-electron chi connectivity index (χ4n) is 1.40. The largest absolute Gasteiger partial charge is 0.478 e. The number of hydrogen-bond donors (Lipinski definition) is 2. The molecular formula is C11H11FN4O2S. The lowest BCUT2D eigenvalue weighted by molar-refractivity contribution is 0.0692. The number of aryl methyl sites for hydroxylation is 1. The molecule has 0 aliphatic carbocycles. The van der Waals surface area contributed by atoms with E-state index in [0.29, 0.717) is 15.9 Å². The van der Waals surface area contributed by atoms with Crippen molar-refractivity contribution in [2.24, 2.45) is 7.05 Å². The number of nitrogens with zero attached hydrogens (tertiary/aromatic N) is 3. The predicted octanol–water partition coefficient (Wildman–Crippen LogP) is 1.69. The van der Waals surface area contributed by atoms with Crippen LogP contribution in [0.2, 0.25) is 0 Å². The van der Waals surface area contributed by atoms with Crippen LogP contribution in [0.4, 0.5) is 10.1 Å². The van der Waals surface area contributed by atoms with Gasteiger partial charge in [-0.15, -0.1) is 10.2 Å². The van der Waals surface area contributed by atoms with Gasteiger partial charge in [-0.3, -0.25) is 0 Å². The molecule has 0 aliphatic rings. The summed E-state index contributed by atoms with van der Waals surface area (Å²) in [5.41, 5.74) is 5.46. The second-order valence-electron chi connectivity index (χ2n) is 3.87. The monoisotopic (exact) mass is 282 g/mol. The third-order valence-electron chi connectivity index (χ3n) is 2.58. The smallest absolute Gasteiger partial charge is 0.338 e. The molecule has 0 amide bonds. The van der Waals surface area contributed by atoms with Crippen LogP contribution in [0.1, 0.15) is 16.2 Å². The summed E-state index contributed by atoms with van der Waals surface area (Å²) in [7, 11) is 1.77. The Morgan fingerprint density at radius 2 is 2.16 bits per heavy atom. The first-order chi connectivity index (χ1) is 8.90. The normalized spacial score (nSPS) is 10.7. The number of nitrogens with two attached hydrogens (primary N) is 1.